The molecule has 6 heteroatoms. The van der Waals surface area contributed by atoms with Gasteiger partial charge in [0, 0.05) is 30.6 Å². The van der Waals surface area contributed by atoms with E-state index in [0.717, 1.165) is 25.7 Å². The van der Waals surface area contributed by atoms with Crippen molar-refractivity contribution in [3.8, 4) is 0 Å². The molecule has 3 aliphatic heterocycles. The lowest BCUT2D eigenvalue weighted by Crippen LogP contribution is -2.60. The second-order valence-electron chi connectivity index (χ2n) is 15.7. The van der Waals surface area contributed by atoms with Crippen molar-refractivity contribution in [1.82, 2.24) is 0 Å². The molecule has 1 N–H and O–H groups in total. The van der Waals surface area contributed by atoms with Crippen LogP contribution in [0, 0.1) is 50.7 Å². The lowest BCUT2D eigenvalue weighted by molar-refractivity contribution is -0.344. The fourth-order valence-electron chi connectivity index (χ4n) is 12.5. The first-order valence-corrected chi connectivity index (χ1v) is 14.5. The van der Waals surface area contributed by atoms with Crippen LogP contribution in [-0.4, -0.2) is 46.6 Å². The highest BCUT2D eigenvalue weighted by Gasteiger charge is 2.86. The van der Waals surface area contributed by atoms with Crippen molar-refractivity contribution in [3.63, 3.8) is 0 Å². The highest BCUT2D eigenvalue weighted by Crippen LogP contribution is 2.88. The summed E-state index contributed by atoms with van der Waals surface area (Å²) in [5.74, 6) is 0.822. The summed E-state index contributed by atoms with van der Waals surface area (Å²) in [6.45, 7) is 13.3. The predicted molar refractivity (Wildman–Crippen MR) is 129 cm³/mol. The van der Waals surface area contributed by atoms with Gasteiger partial charge in [-0.2, -0.15) is 0 Å². The minimum absolute atomic E-state index is 0.00103. The third-order valence-electron chi connectivity index (χ3n) is 14.2. The molecule has 5 aliphatic carbocycles. The molecule has 3 spiro atoms. The van der Waals surface area contributed by atoms with E-state index in [-0.39, 0.29) is 45.6 Å². The Hall–Kier alpha value is -0.820. The van der Waals surface area contributed by atoms with Crippen LogP contribution >= 0.6 is 0 Å². The molecule has 5 saturated carbocycles. The molecule has 0 aromatic rings. The summed E-state index contributed by atoms with van der Waals surface area (Å²) in [6.07, 6.45) is 6.21. The zero-order chi connectivity index (χ0) is 25.5. The highest BCUT2D eigenvalue weighted by molar-refractivity contribution is 5.96. The Morgan fingerprint density at radius 3 is 2.31 bits per heavy atom. The van der Waals surface area contributed by atoms with Crippen LogP contribution in [0.3, 0.4) is 0 Å². The molecule has 13 atom stereocenters. The largest absolute Gasteiger partial charge is 0.365 e. The van der Waals surface area contributed by atoms with Gasteiger partial charge >= 0.3 is 0 Å². The molecule has 198 valence electrons. The Kier molecular flexibility index (Phi) is 3.85. The fourth-order valence-corrected chi connectivity index (χ4v) is 12.5. The van der Waals surface area contributed by atoms with Crippen LogP contribution in [0.15, 0.2) is 0 Å². The molecule has 3 heterocycles. The van der Waals surface area contributed by atoms with E-state index in [9.17, 15) is 14.7 Å². The van der Waals surface area contributed by atoms with Gasteiger partial charge < -0.3 is 19.3 Å². The van der Waals surface area contributed by atoms with Gasteiger partial charge in [-0.05, 0) is 78.4 Å². The van der Waals surface area contributed by atoms with E-state index in [1.54, 1.807) is 0 Å². The minimum Gasteiger partial charge on any atom is -0.365 e. The molecule has 0 radical (unpaired) electrons. The molecule has 6 nitrogen and oxygen atoms in total. The molecule has 0 aromatic heterocycles. The normalized spacial score (nSPS) is 65.7. The molecule has 0 unspecified atom stereocenters. The molecule has 0 amide bonds. The first-order valence-electron chi connectivity index (χ1n) is 14.5. The summed E-state index contributed by atoms with van der Waals surface area (Å²) in [5, 5.41) is 10.6. The first-order chi connectivity index (χ1) is 16.7. The molecular formula is C30H42O6. The summed E-state index contributed by atoms with van der Waals surface area (Å²) in [5.41, 5.74) is -0.858. The Morgan fingerprint density at radius 2 is 1.64 bits per heavy atom. The maximum Gasteiger partial charge on any atom is 0.201 e. The minimum atomic E-state index is -0.944. The van der Waals surface area contributed by atoms with Crippen LogP contribution in [0.4, 0.5) is 0 Å². The number of carbonyl (C=O) groups is 2. The van der Waals surface area contributed by atoms with Gasteiger partial charge in [0.2, 0.25) is 5.79 Å². The Bertz CT molecular complexity index is 1120. The van der Waals surface area contributed by atoms with Crippen molar-refractivity contribution in [1.29, 1.82) is 0 Å². The van der Waals surface area contributed by atoms with Crippen molar-refractivity contribution in [2.75, 3.05) is 0 Å². The number of Topliss-reactive ketones (excluding diaryl/α,β-unsaturated/α-hetero) is 2. The maximum atomic E-state index is 14.0. The molecule has 8 fully saturated rings. The quantitative estimate of drug-likeness (QED) is 0.498. The summed E-state index contributed by atoms with van der Waals surface area (Å²) < 4.78 is 19.0. The van der Waals surface area contributed by atoms with Gasteiger partial charge in [-0.1, -0.05) is 34.6 Å². The van der Waals surface area contributed by atoms with E-state index in [1.807, 2.05) is 20.8 Å². The average molecular weight is 499 g/mol. The number of ether oxygens (including phenoxy) is 3. The molecular weight excluding hydrogens is 456 g/mol. The van der Waals surface area contributed by atoms with Gasteiger partial charge in [-0.3, -0.25) is 9.59 Å². The van der Waals surface area contributed by atoms with Crippen LogP contribution in [0.2, 0.25) is 0 Å². The van der Waals surface area contributed by atoms with Crippen molar-refractivity contribution < 1.29 is 28.9 Å². The van der Waals surface area contributed by atoms with Crippen molar-refractivity contribution in [3.05, 3.63) is 0 Å². The van der Waals surface area contributed by atoms with Crippen LogP contribution in [-0.2, 0) is 23.8 Å². The van der Waals surface area contributed by atoms with Crippen molar-refractivity contribution in [2.24, 2.45) is 50.7 Å². The lowest BCUT2D eigenvalue weighted by atomic mass is 9.41. The van der Waals surface area contributed by atoms with Gasteiger partial charge in [0.15, 0.2) is 6.29 Å². The fraction of sp³-hybridized carbons (Fsp3) is 0.933. The Balaban J connectivity index is 1.17. The smallest absolute Gasteiger partial charge is 0.201 e. The van der Waals surface area contributed by atoms with Gasteiger partial charge in [-0.15, -0.1) is 0 Å². The van der Waals surface area contributed by atoms with E-state index in [4.69, 9.17) is 14.2 Å². The number of carbonyl (C=O) groups excluding carboxylic acids is 2. The number of ketones is 2. The second kappa shape index (κ2) is 6.00. The number of rotatable bonds is 0. The topological polar surface area (TPSA) is 85.4 Å². The van der Waals surface area contributed by atoms with Gasteiger partial charge in [0.25, 0.3) is 0 Å². The molecule has 3 saturated heterocycles. The number of epoxide rings is 1. The SMILES string of the molecule is C[C@@H]1C[C@@]2(O[C@H]3C[C@@]4(C)[C@@H]5CC(=O)[C@H]6C(C)(C)C(=O)CC[C@@]67C[C@@]57CC[C@]4(C)[C@@H]13)O[C@H](O)[C@]1(C)O[C@H]21. The van der Waals surface area contributed by atoms with Crippen LogP contribution < -0.4 is 0 Å². The molecule has 8 rings (SSSR count). The lowest BCUT2D eigenvalue weighted by Gasteiger charge is -2.62. The molecule has 0 aromatic carbocycles. The van der Waals surface area contributed by atoms with Crippen LogP contribution in [0.5, 0.6) is 0 Å². The number of hydrogen-bond donors (Lipinski definition) is 1. The van der Waals surface area contributed by atoms with Gasteiger partial charge in [-0.25, -0.2) is 0 Å². The van der Waals surface area contributed by atoms with E-state index in [2.05, 4.69) is 20.8 Å². The molecule has 0 bridgehead atoms. The van der Waals surface area contributed by atoms with Gasteiger partial charge in [0.1, 0.15) is 23.3 Å². The Labute approximate surface area is 214 Å². The summed E-state index contributed by atoms with van der Waals surface area (Å²) in [6, 6.07) is 0. The van der Waals surface area contributed by atoms with Crippen LogP contribution in [0.1, 0.15) is 92.9 Å². The zero-order valence-electron chi connectivity index (χ0n) is 22.7. The zero-order valence-corrected chi connectivity index (χ0v) is 22.7. The third kappa shape index (κ3) is 2.12. The number of hydrogen-bond acceptors (Lipinski definition) is 6. The van der Waals surface area contributed by atoms with E-state index >= 15 is 0 Å². The van der Waals surface area contributed by atoms with Gasteiger partial charge in [0.05, 0.1) is 6.10 Å². The summed E-state index contributed by atoms with van der Waals surface area (Å²) in [7, 11) is 0. The highest BCUT2D eigenvalue weighted by atomic mass is 16.8. The van der Waals surface area contributed by atoms with E-state index in [0.29, 0.717) is 36.4 Å². The second-order valence-corrected chi connectivity index (χ2v) is 15.7. The predicted octanol–water partition coefficient (Wildman–Crippen LogP) is 4.41. The average Bonchev–Trinajstić information content (AvgIpc) is 3.61. The molecule has 8 aliphatic rings. The monoisotopic (exact) mass is 498 g/mol. The maximum absolute atomic E-state index is 14.0. The first kappa shape index (κ1) is 23.1. The number of aliphatic hydroxyl groups excluding tert-OH is 1. The van der Waals surface area contributed by atoms with Crippen molar-refractivity contribution in [2.45, 2.75) is 123 Å². The number of fused-ring (bicyclic) bond motifs is 6. The van der Waals surface area contributed by atoms with E-state index < -0.39 is 23.1 Å². The number of aliphatic hydroxyl groups is 1. The molecule has 36 heavy (non-hydrogen) atoms. The van der Waals surface area contributed by atoms with Crippen molar-refractivity contribution >= 4 is 11.6 Å². The summed E-state index contributed by atoms with van der Waals surface area (Å²) in [4.78, 5) is 26.9. The third-order valence-corrected chi connectivity index (χ3v) is 14.2. The Morgan fingerprint density at radius 1 is 0.889 bits per heavy atom. The standard InChI is InChI=1S/C30H42O6/c1-15-12-30(22-27(6,35-22)23(33)36-30)34-17-13-26(5)18-11-16(31)21-24(2,3)19(32)7-8-29(21)14-28(18,29)10-9-25(26,4)20(15)17/h15,17-18,20-23,33H,7-14H2,1-6H3/t15-,17+,18+,20+,21+,22+,23+,25-,26+,27-,28+,29-,30-/m1/s1. The van der Waals surface area contributed by atoms with E-state index in [1.165, 1.54) is 12.8 Å². The summed E-state index contributed by atoms with van der Waals surface area (Å²) >= 11 is 0. The van der Waals surface area contributed by atoms with Crippen LogP contribution in [0.25, 0.3) is 0 Å².